The minimum absolute atomic E-state index is 0.0416. The fourth-order valence-corrected chi connectivity index (χ4v) is 2.29. The molecule has 2 unspecified atom stereocenters. The Morgan fingerprint density at radius 1 is 1.62 bits per heavy atom. The van der Waals surface area contributed by atoms with Crippen LogP contribution in [0.1, 0.15) is 30.1 Å². The van der Waals surface area contributed by atoms with Gasteiger partial charge in [-0.25, -0.2) is 0 Å². The maximum Gasteiger partial charge on any atom is 0.252 e. The van der Waals surface area contributed by atoms with E-state index in [1.807, 2.05) is 0 Å². The molecule has 2 atom stereocenters. The molecule has 0 radical (unpaired) electrons. The Morgan fingerprint density at radius 2 is 2.38 bits per heavy atom. The lowest BCUT2D eigenvalue weighted by Crippen LogP contribution is -2.27. The van der Waals surface area contributed by atoms with E-state index in [0.717, 1.165) is 12.8 Å². The molecular weight excluding hydrogens is 268 g/mol. The molecule has 0 aliphatic heterocycles. The topological polar surface area (TPSA) is 55.1 Å². The Bertz CT molecular complexity index is 419. The van der Waals surface area contributed by atoms with E-state index in [1.54, 1.807) is 18.2 Å². The smallest absolute Gasteiger partial charge is 0.252 e. The second kappa shape index (κ2) is 4.45. The van der Waals surface area contributed by atoms with E-state index in [-0.39, 0.29) is 5.91 Å². The molecule has 0 saturated heterocycles. The number of benzene rings is 1. The van der Waals surface area contributed by atoms with Crippen molar-refractivity contribution < 1.29 is 4.79 Å². The van der Waals surface area contributed by atoms with Crippen molar-refractivity contribution in [2.45, 2.75) is 25.8 Å². The molecule has 2 rings (SSSR count). The summed E-state index contributed by atoms with van der Waals surface area (Å²) >= 11 is 3.34. The lowest BCUT2D eigenvalue weighted by Gasteiger charge is -2.07. The van der Waals surface area contributed by atoms with Crippen LogP contribution >= 0.6 is 15.9 Å². The summed E-state index contributed by atoms with van der Waals surface area (Å²) in [6.45, 7) is 2.15. The van der Waals surface area contributed by atoms with Crippen molar-refractivity contribution in [3.05, 3.63) is 28.2 Å². The molecule has 4 heteroatoms. The summed E-state index contributed by atoms with van der Waals surface area (Å²) < 4.78 is 0.682. The Morgan fingerprint density at radius 3 is 3.00 bits per heavy atom. The van der Waals surface area contributed by atoms with Crippen molar-refractivity contribution in [1.82, 2.24) is 5.32 Å². The van der Waals surface area contributed by atoms with Gasteiger partial charge >= 0.3 is 0 Å². The van der Waals surface area contributed by atoms with Crippen molar-refractivity contribution in [3.8, 4) is 0 Å². The lowest BCUT2D eigenvalue weighted by molar-refractivity contribution is 0.0948. The zero-order valence-corrected chi connectivity index (χ0v) is 10.8. The monoisotopic (exact) mass is 282 g/mol. The molecule has 86 valence electrons. The van der Waals surface area contributed by atoms with Gasteiger partial charge in [0.25, 0.3) is 5.91 Å². The minimum atomic E-state index is -0.0416. The third-order valence-electron chi connectivity index (χ3n) is 3.04. The van der Waals surface area contributed by atoms with E-state index < -0.39 is 0 Å². The normalized spacial score (nSPS) is 22.9. The molecular formula is C12H15BrN2O. The van der Waals surface area contributed by atoms with Crippen molar-refractivity contribution in [2.24, 2.45) is 5.92 Å². The van der Waals surface area contributed by atoms with E-state index in [0.29, 0.717) is 27.7 Å². The van der Waals surface area contributed by atoms with Gasteiger partial charge in [-0.05, 0) is 40.4 Å². The highest BCUT2D eigenvalue weighted by Crippen LogP contribution is 2.34. The number of carbonyl (C=O) groups is 1. The molecule has 1 fully saturated rings. The third-order valence-corrected chi connectivity index (χ3v) is 3.92. The van der Waals surface area contributed by atoms with Crippen LogP contribution in [0.5, 0.6) is 0 Å². The molecule has 1 saturated carbocycles. The SMILES string of the molecule is CCC1CC1NC(=O)c1cccc(N)c1Br. The standard InChI is InChI=1S/C12H15BrN2O/c1-2-7-6-10(7)15-12(16)8-4-3-5-9(14)11(8)13/h3-5,7,10H,2,6,14H2,1H3,(H,15,16). The second-order valence-corrected chi connectivity index (χ2v) is 4.99. The van der Waals surface area contributed by atoms with Gasteiger partial charge in [0.05, 0.1) is 10.0 Å². The van der Waals surface area contributed by atoms with Gasteiger partial charge in [-0.1, -0.05) is 19.4 Å². The first kappa shape index (κ1) is 11.5. The second-order valence-electron chi connectivity index (χ2n) is 4.19. The predicted molar refractivity (Wildman–Crippen MR) is 68.2 cm³/mol. The quantitative estimate of drug-likeness (QED) is 0.838. The van der Waals surface area contributed by atoms with Crippen LogP contribution in [0.25, 0.3) is 0 Å². The van der Waals surface area contributed by atoms with Gasteiger partial charge in [0.15, 0.2) is 0 Å². The Balaban J connectivity index is 2.07. The molecule has 1 amide bonds. The number of nitrogens with one attached hydrogen (secondary N) is 1. The van der Waals surface area contributed by atoms with Gasteiger partial charge in [0.1, 0.15) is 0 Å². The number of amides is 1. The maximum atomic E-state index is 11.9. The largest absolute Gasteiger partial charge is 0.398 e. The maximum absolute atomic E-state index is 11.9. The van der Waals surface area contributed by atoms with Crippen LogP contribution < -0.4 is 11.1 Å². The summed E-state index contributed by atoms with van der Waals surface area (Å²) in [6.07, 6.45) is 2.23. The number of hydrogen-bond acceptors (Lipinski definition) is 2. The van der Waals surface area contributed by atoms with Crippen LogP contribution in [0.4, 0.5) is 5.69 Å². The molecule has 0 spiro atoms. The highest BCUT2D eigenvalue weighted by molar-refractivity contribution is 9.10. The predicted octanol–water partition coefficient (Wildman–Crippen LogP) is 2.56. The van der Waals surface area contributed by atoms with Crippen LogP contribution in [0, 0.1) is 5.92 Å². The van der Waals surface area contributed by atoms with Gasteiger partial charge in [0.2, 0.25) is 0 Å². The average Bonchev–Trinajstić information content (AvgIpc) is 3.00. The Hall–Kier alpha value is -1.03. The van der Waals surface area contributed by atoms with Gasteiger partial charge < -0.3 is 11.1 Å². The molecule has 0 heterocycles. The van der Waals surface area contributed by atoms with E-state index in [4.69, 9.17) is 5.73 Å². The summed E-state index contributed by atoms with van der Waals surface area (Å²) in [5.41, 5.74) is 6.94. The van der Waals surface area contributed by atoms with Crippen LogP contribution in [-0.4, -0.2) is 11.9 Å². The van der Waals surface area contributed by atoms with Crippen LogP contribution in [-0.2, 0) is 0 Å². The van der Waals surface area contributed by atoms with E-state index in [9.17, 15) is 4.79 Å². The zero-order chi connectivity index (χ0) is 11.7. The molecule has 1 aliphatic rings. The summed E-state index contributed by atoms with van der Waals surface area (Å²) in [7, 11) is 0. The van der Waals surface area contributed by atoms with Crippen molar-refractivity contribution >= 4 is 27.5 Å². The molecule has 3 N–H and O–H groups in total. The van der Waals surface area contributed by atoms with E-state index in [2.05, 4.69) is 28.2 Å². The number of nitrogen functional groups attached to an aromatic ring is 1. The zero-order valence-electron chi connectivity index (χ0n) is 9.16. The lowest BCUT2D eigenvalue weighted by atomic mass is 10.2. The van der Waals surface area contributed by atoms with Gasteiger partial charge in [-0.2, -0.15) is 0 Å². The first-order valence-electron chi connectivity index (χ1n) is 5.48. The number of halogens is 1. The van der Waals surface area contributed by atoms with Crippen molar-refractivity contribution in [2.75, 3.05) is 5.73 Å². The number of carbonyl (C=O) groups excluding carboxylic acids is 1. The van der Waals surface area contributed by atoms with Crippen LogP contribution in [0.2, 0.25) is 0 Å². The minimum Gasteiger partial charge on any atom is -0.398 e. The Kier molecular flexibility index (Phi) is 3.19. The molecule has 0 bridgehead atoms. The average molecular weight is 283 g/mol. The molecule has 1 aromatic carbocycles. The molecule has 1 aromatic rings. The van der Waals surface area contributed by atoms with E-state index in [1.165, 1.54) is 0 Å². The number of anilines is 1. The molecule has 0 aromatic heterocycles. The number of nitrogens with two attached hydrogens (primary N) is 1. The summed E-state index contributed by atoms with van der Waals surface area (Å²) in [6, 6.07) is 5.69. The summed E-state index contributed by atoms with van der Waals surface area (Å²) in [5, 5.41) is 3.01. The fourth-order valence-electron chi connectivity index (χ4n) is 1.85. The van der Waals surface area contributed by atoms with E-state index >= 15 is 0 Å². The highest BCUT2D eigenvalue weighted by Gasteiger charge is 2.36. The van der Waals surface area contributed by atoms with Gasteiger partial charge in [-0.15, -0.1) is 0 Å². The van der Waals surface area contributed by atoms with Gasteiger partial charge in [0, 0.05) is 11.7 Å². The summed E-state index contributed by atoms with van der Waals surface area (Å²) in [4.78, 5) is 11.9. The van der Waals surface area contributed by atoms with Crippen LogP contribution in [0.15, 0.2) is 22.7 Å². The molecule has 16 heavy (non-hydrogen) atoms. The number of rotatable bonds is 3. The fraction of sp³-hybridized carbons (Fsp3) is 0.417. The van der Waals surface area contributed by atoms with Gasteiger partial charge in [-0.3, -0.25) is 4.79 Å². The Labute approximate surface area is 104 Å². The van der Waals surface area contributed by atoms with Crippen molar-refractivity contribution in [1.29, 1.82) is 0 Å². The highest BCUT2D eigenvalue weighted by atomic mass is 79.9. The first-order chi connectivity index (χ1) is 7.63. The third kappa shape index (κ3) is 2.21. The summed E-state index contributed by atoms with van der Waals surface area (Å²) in [5.74, 6) is 0.615. The molecule has 3 nitrogen and oxygen atoms in total. The van der Waals surface area contributed by atoms with Crippen molar-refractivity contribution in [3.63, 3.8) is 0 Å². The molecule has 1 aliphatic carbocycles. The van der Waals surface area contributed by atoms with Crippen LogP contribution in [0.3, 0.4) is 0 Å². The first-order valence-corrected chi connectivity index (χ1v) is 6.27. The number of hydrogen-bond donors (Lipinski definition) is 2.